The molecule has 0 radical (unpaired) electrons. The third-order valence-electron chi connectivity index (χ3n) is 5.28. The van der Waals surface area contributed by atoms with Crippen LogP contribution in [0.1, 0.15) is 50.8 Å². The number of rotatable bonds is 5. The maximum Gasteiger partial charge on any atom is 0.257 e. The normalized spacial score (nSPS) is 15.8. The van der Waals surface area contributed by atoms with Crippen molar-refractivity contribution < 1.29 is 14.0 Å². The lowest BCUT2D eigenvalue weighted by molar-refractivity contribution is -0.139. The first-order valence-electron chi connectivity index (χ1n) is 10.3. The summed E-state index contributed by atoms with van der Waals surface area (Å²) in [6.07, 6.45) is 1.91. The Hall–Kier alpha value is -2.95. The first-order valence-corrected chi connectivity index (χ1v) is 10.3. The summed E-state index contributed by atoms with van der Waals surface area (Å²) in [6, 6.07) is 9.15. The second kappa shape index (κ2) is 8.42. The zero-order valence-corrected chi connectivity index (χ0v) is 18.5. The molecular formula is C25H29FN2O2. The molecule has 0 saturated carbocycles. The Labute approximate surface area is 177 Å². The maximum absolute atomic E-state index is 14.8. The van der Waals surface area contributed by atoms with Crippen LogP contribution >= 0.6 is 0 Å². The summed E-state index contributed by atoms with van der Waals surface area (Å²) in [5, 5.41) is 3.21. The van der Waals surface area contributed by atoms with Crippen molar-refractivity contribution >= 4 is 23.6 Å². The summed E-state index contributed by atoms with van der Waals surface area (Å²) in [5.74, 6) is -0.668. The molecule has 2 amide bonds. The molecule has 0 aromatic heterocycles. The Morgan fingerprint density at radius 3 is 2.27 bits per heavy atom. The van der Waals surface area contributed by atoms with E-state index in [1.54, 1.807) is 12.1 Å². The van der Waals surface area contributed by atoms with Gasteiger partial charge in [-0.3, -0.25) is 14.5 Å². The van der Waals surface area contributed by atoms with Gasteiger partial charge in [0.15, 0.2) is 0 Å². The number of hydrogen-bond donors (Lipinski definition) is 1. The zero-order valence-electron chi connectivity index (χ0n) is 18.5. The van der Waals surface area contributed by atoms with Crippen LogP contribution in [0.15, 0.2) is 35.9 Å². The SMILES string of the molecule is Cc1cc(-c2ccc(NC(C)C)cc2F)c(C)cc1/C=C1\CC(=O)N(C(C)C)C1=O. The number of nitrogens with one attached hydrogen (secondary N) is 1. The molecule has 1 N–H and O–H groups in total. The van der Waals surface area contributed by atoms with Crippen molar-refractivity contribution in [2.24, 2.45) is 0 Å². The molecule has 4 nitrogen and oxygen atoms in total. The van der Waals surface area contributed by atoms with Crippen LogP contribution in [0.4, 0.5) is 10.1 Å². The van der Waals surface area contributed by atoms with E-state index in [4.69, 9.17) is 0 Å². The maximum atomic E-state index is 14.8. The molecule has 0 atom stereocenters. The number of likely N-dealkylation sites (tertiary alicyclic amines) is 1. The molecule has 1 aliphatic rings. The summed E-state index contributed by atoms with van der Waals surface area (Å²) < 4.78 is 14.8. The fourth-order valence-electron chi connectivity index (χ4n) is 3.86. The first-order chi connectivity index (χ1) is 14.1. The predicted molar refractivity (Wildman–Crippen MR) is 120 cm³/mol. The summed E-state index contributed by atoms with van der Waals surface area (Å²) in [6.45, 7) is 11.5. The lowest BCUT2D eigenvalue weighted by atomic mass is 9.93. The molecule has 3 rings (SSSR count). The van der Waals surface area contributed by atoms with Gasteiger partial charge in [-0.2, -0.15) is 0 Å². The Balaban J connectivity index is 1.96. The van der Waals surface area contributed by atoms with Gasteiger partial charge in [0.1, 0.15) is 5.82 Å². The molecule has 158 valence electrons. The minimum atomic E-state index is -0.279. The summed E-state index contributed by atoms with van der Waals surface area (Å²) in [5.41, 5.74) is 5.32. The highest BCUT2D eigenvalue weighted by molar-refractivity contribution is 6.15. The molecule has 0 aliphatic carbocycles. The van der Waals surface area contributed by atoms with Crippen LogP contribution in [0.25, 0.3) is 17.2 Å². The van der Waals surface area contributed by atoms with E-state index in [2.05, 4.69) is 5.32 Å². The van der Waals surface area contributed by atoms with Crippen LogP contribution in [0.2, 0.25) is 0 Å². The number of hydrogen-bond acceptors (Lipinski definition) is 3. The van der Waals surface area contributed by atoms with Gasteiger partial charge in [0.05, 0.1) is 6.42 Å². The monoisotopic (exact) mass is 408 g/mol. The Morgan fingerprint density at radius 2 is 1.70 bits per heavy atom. The van der Waals surface area contributed by atoms with E-state index in [-0.39, 0.29) is 36.1 Å². The molecular weight excluding hydrogens is 379 g/mol. The van der Waals surface area contributed by atoms with Crippen molar-refractivity contribution in [2.75, 3.05) is 5.32 Å². The highest BCUT2D eigenvalue weighted by Gasteiger charge is 2.35. The number of halogens is 1. The molecule has 1 heterocycles. The van der Waals surface area contributed by atoms with Crippen molar-refractivity contribution in [3.63, 3.8) is 0 Å². The second-order valence-electron chi connectivity index (χ2n) is 8.53. The van der Waals surface area contributed by atoms with Gasteiger partial charge in [-0.1, -0.05) is 12.1 Å². The summed E-state index contributed by atoms with van der Waals surface area (Å²) in [7, 11) is 0. The summed E-state index contributed by atoms with van der Waals surface area (Å²) >= 11 is 0. The van der Waals surface area contributed by atoms with Crippen molar-refractivity contribution in [3.05, 3.63) is 58.4 Å². The van der Waals surface area contributed by atoms with E-state index >= 15 is 0 Å². The standard InChI is InChI=1S/C25H29FN2O2/c1-14(2)27-20-7-8-21(23(26)13-20)22-10-16(5)18(9-17(22)6)11-19-12-24(29)28(15(3)4)25(19)30/h7-11,13-15,27H,12H2,1-6H3/b19-11+. The third kappa shape index (κ3) is 4.30. The highest BCUT2D eigenvalue weighted by atomic mass is 19.1. The molecule has 1 fully saturated rings. The Kier molecular flexibility index (Phi) is 6.11. The van der Waals surface area contributed by atoms with Crippen LogP contribution in [0, 0.1) is 19.7 Å². The van der Waals surface area contributed by atoms with E-state index in [1.165, 1.54) is 11.0 Å². The second-order valence-corrected chi connectivity index (χ2v) is 8.53. The number of aryl methyl sites for hydroxylation is 2. The Morgan fingerprint density at radius 1 is 1.00 bits per heavy atom. The minimum absolute atomic E-state index is 0.121. The van der Waals surface area contributed by atoms with Gasteiger partial charge in [-0.15, -0.1) is 0 Å². The van der Waals surface area contributed by atoms with E-state index in [1.807, 2.05) is 59.7 Å². The number of carbonyl (C=O) groups is 2. The molecule has 1 aliphatic heterocycles. The average Bonchev–Trinajstić information content (AvgIpc) is 2.91. The lowest BCUT2D eigenvalue weighted by Gasteiger charge is -2.17. The van der Waals surface area contributed by atoms with E-state index in [0.29, 0.717) is 11.1 Å². The van der Waals surface area contributed by atoms with Crippen molar-refractivity contribution in [2.45, 2.75) is 60.0 Å². The summed E-state index contributed by atoms with van der Waals surface area (Å²) in [4.78, 5) is 26.1. The van der Waals surface area contributed by atoms with Crippen molar-refractivity contribution in [1.29, 1.82) is 0 Å². The molecule has 1 saturated heterocycles. The molecule has 30 heavy (non-hydrogen) atoms. The third-order valence-corrected chi connectivity index (χ3v) is 5.28. The van der Waals surface area contributed by atoms with Crippen molar-refractivity contribution in [3.8, 4) is 11.1 Å². The molecule has 2 aromatic carbocycles. The fraction of sp³-hybridized carbons (Fsp3) is 0.360. The topological polar surface area (TPSA) is 49.4 Å². The number of imide groups is 1. The molecule has 2 aromatic rings. The minimum Gasteiger partial charge on any atom is -0.383 e. The zero-order chi connectivity index (χ0) is 22.2. The van der Waals surface area contributed by atoms with E-state index in [0.717, 1.165) is 27.9 Å². The van der Waals surface area contributed by atoms with Crippen LogP contribution in [-0.2, 0) is 9.59 Å². The van der Waals surface area contributed by atoms with Gasteiger partial charge < -0.3 is 5.32 Å². The van der Waals surface area contributed by atoms with Crippen LogP contribution in [-0.4, -0.2) is 28.8 Å². The van der Waals surface area contributed by atoms with Gasteiger partial charge in [-0.05, 0) is 88.1 Å². The largest absolute Gasteiger partial charge is 0.383 e. The lowest BCUT2D eigenvalue weighted by Crippen LogP contribution is -2.35. The fourth-order valence-corrected chi connectivity index (χ4v) is 3.86. The number of benzene rings is 2. The molecule has 0 spiro atoms. The number of nitrogens with zero attached hydrogens (tertiary/aromatic N) is 1. The molecule has 0 unspecified atom stereocenters. The van der Waals surface area contributed by atoms with Crippen LogP contribution < -0.4 is 5.32 Å². The van der Waals surface area contributed by atoms with Crippen LogP contribution in [0.5, 0.6) is 0 Å². The predicted octanol–water partition coefficient (Wildman–Crippen LogP) is 5.48. The smallest absolute Gasteiger partial charge is 0.257 e. The van der Waals surface area contributed by atoms with Gasteiger partial charge in [0.2, 0.25) is 5.91 Å². The number of anilines is 1. The van der Waals surface area contributed by atoms with E-state index < -0.39 is 0 Å². The van der Waals surface area contributed by atoms with Crippen LogP contribution in [0.3, 0.4) is 0 Å². The first kappa shape index (κ1) is 21.8. The Bertz CT molecular complexity index is 1040. The molecule has 0 bridgehead atoms. The average molecular weight is 409 g/mol. The number of carbonyl (C=O) groups excluding carboxylic acids is 2. The van der Waals surface area contributed by atoms with Crippen molar-refractivity contribution in [1.82, 2.24) is 4.90 Å². The van der Waals surface area contributed by atoms with Gasteiger partial charge in [-0.25, -0.2) is 4.39 Å². The number of amides is 2. The van der Waals surface area contributed by atoms with Gasteiger partial charge in [0.25, 0.3) is 5.91 Å². The quantitative estimate of drug-likeness (QED) is 0.526. The van der Waals surface area contributed by atoms with Gasteiger partial charge >= 0.3 is 0 Å². The highest BCUT2D eigenvalue weighted by Crippen LogP contribution is 2.32. The van der Waals surface area contributed by atoms with Gasteiger partial charge in [0, 0.05) is 28.9 Å². The molecule has 5 heteroatoms. The van der Waals surface area contributed by atoms with E-state index in [9.17, 15) is 14.0 Å².